The number of para-hydroxylation sites is 6. The Morgan fingerprint density at radius 3 is 0.812 bits per heavy atom. The van der Waals surface area contributed by atoms with Crippen LogP contribution in [-0.4, -0.2) is 28.7 Å². The molecular weight excluding hydrogens is 841 g/mol. The van der Waals surface area contributed by atoms with E-state index in [1.54, 1.807) is 0 Å². The Morgan fingerprint density at radius 1 is 0.217 bits per heavy atom. The minimum Gasteiger partial charge on any atom is -0.308 e. The van der Waals surface area contributed by atoms with Crippen LogP contribution in [0.3, 0.4) is 0 Å². The van der Waals surface area contributed by atoms with Gasteiger partial charge in [-0.1, -0.05) is 182 Å². The maximum Gasteiger partial charge on any atom is 0.240 e. The largest absolute Gasteiger partial charge is 0.308 e. The molecule has 0 saturated heterocycles. The average molecular weight is 879 g/mol. The van der Waals surface area contributed by atoms with E-state index in [9.17, 15) is 0 Å². The maximum atomic E-state index is 5.69. The predicted octanol–water partition coefficient (Wildman–Crippen LogP) is 15.8. The maximum absolute atomic E-state index is 5.69. The van der Waals surface area contributed by atoms with Gasteiger partial charge in [0.25, 0.3) is 0 Å². The first kappa shape index (κ1) is 37.8. The smallest absolute Gasteiger partial charge is 0.240 e. The number of hydrogen-bond donors (Lipinski definition) is 0. The van der Waals surface area contributed by atoms with Gasteiger partial charge in [0.05, 0.1) is 38.8 Å². The zero-order valence-corrected chi connectivity index (χ0v) is 37.1. The molecule has 14 aromatic rings. The van der Waals surface area contributed by atoms with Crippen LogP contribution in [0, 0.1) is 0 Å². The summed E-state index contributed by atoms with van der Waals surface area (Å²) >= 11 is 0. The van der Waals surface area contributed by atoms with Crippen LogP contribution in [0.2, 0.25) is 0 Å². The number of aromatic nitrogens is 6. The highest BCUT2D eigenvalue weighted by atomic mass is 15.3. The Balaban J connectivity index is 1.13. The molecular formula is C63H38N6. The average Bonchev–Trinajstić information content (AvgIpc) is 4.06. The second-order valence-electron chi connectivity index (χ2n) is 17.9. The number of nitrogens with zero attached hydrogens (tertiary/aromatic N) is 6. The number of hydrogen-bond acceptors (Lipinski definition) is 3. The Labute approximate surface area is 396 Å². The van der Waals surface area contributed by atoms with E-state index in [0.29, 0.717) is 17.7 Å². The Kier molecular flexibility index (Phi) is 7.97. The first-order chi connectivity index (χ1) is 34.3. The molecule has 69 heavy (non-hydrogen) atoms. The summed E-state index contributed by atoms with van der Waals surface area (Å²) < 4.78 is 6.85. The van der Waals surface area contributed by atoms with Crippen molar-refractivity contribution in [3.8, 4) is 73.5 Å². The lowest BCUT2D eigenvalue weighted by Crippen LogP contribution is -2.11. The predicted molar refractivity (Wildman–Crippen MR) is 284 cm³/mol. The molecule has 0 saturated carbocycles. The molecule has 0 atom stereocenters. The van der Waals surface area contributed by atoms with Crippen molar-refractivity contribution in [3.05, 3.63) is 231 Å². The number of benzene rings is 10. The minimum atomic E-state index is 0.536. The zero-order valence-electron chi connectivity index (χ0n) is 37.1. The molecule has 0 N–H and O–H groups in total. The third-order valence-corrected chi connectivity index (χ3v) is 14.3. The molecule has 6 heteroatoms. The standard InChI is InChI=1S/C63H38N6/c1-2-20-40-39(19-1)41-21-3-5-23-43(41)51-37-53(60(38-52(51)44-24-6-4-22-42(40)44)67-54-31-13-7-25-45(54)46-26-8-14-32-55(46)67)61-64-62(68-56-33-15-9-27-47(56)48-28-10-16-34-57(48)68)66-63(65-61)69-58-35-17-11-29-49(58)50-30-12-18-36-59(50)69/h1-38H. The van der Waals surface area contributed by atoms with Gasteiger partial charge in [-0.15, -0.1) is 0 Å². The van der Waals surface area contributed by atoms with Gasteiger partial charge in [-0.05, 0) is 93.0 Å². The van der Waals surface area contributed by atoms with E-state index < -0.39 is 0 Å². The van der Waals surface area contributed by atoms with Crippen molar-refractivity contribution >= 4 is 65.4 Å². The number of fused-ring (bicyclic) bond motifs is 17. The van der Waals surface area contributed by atoms with Crippen molar-refractivity contribution in [1.29, 1.82) is 0 Å². The summed E-state index contributed by atoms with van der Waals surface area (Å²) in [5.74, 6) is 1.63. The lowest BCUT2D eigenvalue weighted by molar-refractivity contribution is 0.892. The van der Waals surface area contributed by atoms with Crippen LogP contribution in [0.4, 0.5) is 0 Å². The zero-order chi connectivity index (χ0) is 45.2. The molecule has 0 bridgehead atoms. The topological polar surface area (TPSA) is 53.5 Å². The molecule has 10 aromatic carbocycles. The summed E-state index contributed by atoms with van der Waals surface area (Å²) in [6.45, 7) is 0. The van der Waals surface area contributed by atoms with E-state index in [0.717, 1.165) is 88.1 Å². The highest BCUT2D eigenvalue weighted by Crippen LogP contribution is 2.50. The Morgan fingerprint density at radius 2 is 0.478 bits per heavy atom. The van der Waals surface area contributed by atoms with Crippen LogP contribution in [-0.2, 0) is 0 Å². The van der Waals surface area contributed by atoms with E-state index in [1.807, 2.05) is 0 Å². The van der Waals surface area contributed by atoms with Gasteiger partial charge in [-0.3, -0.25) is 9.13 Å². The molecule has 1 aliphatic carbocycles. The second-order valence-corrected chi connectivity index (χ2v) is 17.9. The molecule has 15 rings (SSSR count). The Hall–Kier alpha value is -9.39. The van der Waals surface area contributed by atoms with E-state index in [1.165, 1.54) is 33.0 Å². The quantitative estimate of drug-likeness (QED) is 0.177. The summed E-state index contributed by atoms with van der Waals surface area (Å²) in [6, 6.07) is 82.9. The molecule has 0 amide bonds. The second kappa shape index (κ2) is 14.6. The summed E-state index contributed by atoms with van der Waals surface area (Å²) in [4.78, 5) is 16.9. The van der Waals surface area contributed by atoms with Gasteiger partial charge < -0.3 is 4.57 Å². The van der Waals surface area contributed by atoms with E-state index >= 15 is 0 Å². The summed E-state index contributed by atoms with van der Waals surface area (Å²) in [5, 5.41) is 6.90. The minimum absolute atomic E-state index is 0.536. The van der Waals surface area contributed by atoms with Gasteiger partial charge >= 0.3 is 0 Å². The van der Waals surface area contributed by atoms with Crippen molar-refractivity contribution in [2.45, 2.75) is 0 Å². The third-order valence-electron chi connectivity index (χ3n) is 14.3. The van der Waals surface area contributed by atoms with Crippen molar-refractivity contribution < 1.29 is 0 Å². The van der Waals surface area contributed by atoms with E-state index in [4.69, 9.17) is 15.0 Å². The van der Waals surface area contributed by atoms with Crippen LogP contribution in [0.1, 0.15) is 0 Å². The molecule has 1 aliphatic rings. The number of rotatable bonds is 4. The highest BCUT2D eigenvalue weighted by molar-refractivity contribution is 6.12. The summed E-state index contributed by atoms with van der Waals surface area (Å²) in [7, 11) is 0. The molecule has 0 fully saturated rings. The van der Waals surface area contributed by atoms with E-state index in [-0.39, 0.29) is 0 Å². The molecule has 0 aliphatic heterocycles. The first-order valence-corrected chi connectivity index (χ1v) is 23.5. The van der Waals surface area contributed by atoms with Crippen LogP contribution in [0.15, 0.2) is 231 Å². The lowest BCUT2D eigenvalue weighted by atomic mass is 9.80. The fourth-order valence-corrected chi connectivity index (χ4v) is 11.4. The van der Waals surface area contributed by atoms with Crippen LogP contribution in [0.25, 0.3) is 139 Å². The van der Waals surface area contributed by atoms with Gasteiger partial charge in [0.2, 0.25) is 11.9 Å². The van der Waals surface area contributed by atoms with Crippen LogP contribution in [0.5, 0.6) is 0 Å². The molecule has 0 radical (unpaired) electrons. The van der Waals surface area contributed by atoms with Crippen molar-refractivity contribution in [2.75, 3.05) is 0 Å². The Bertz CT molecular complexity index is 4160. The monoisotopic (exact) mass is 878 g/mol. The third kappa shape index (κ3) is 5.45. The highest BCUT2D eigenvalue weighted by Gasteiger charge is 2.28. The van der Waals surface area contributed by atoms with Crippen molar-refractivity contribution in [2.24, 2.45) is 0 Å². The van der Waals surface area contributed by atoms with E-state index in [2.05, 4.69) is 244 Å². The van der Waals surface area contributed by atoms with Gasteiger partial charge in [0, 0.05) is 37.9 Å². The van der Waals surface area contributed by atoms with Crippen LogP contribution >= 0.6 is 0 Å². The lowest BCUT2D eigenvalue weighted by Gasteiger charge is -2.25. The van der Waals surface area contributed by atoms with Gasteiger partial charge in [-0.2, -0.15) is 15.0 Å². The van der Waals surface area contributed by atoms with Crippen molar-refractivity contribution in [3.63, 3.8) is 0 Å². The molecule has 4 heterocycles. The SMILES string of the molecule is c1ccc2c(c1)-c1ccccc1-c1cc(-c3nc(-n4c5ccccc5c5ccccc54)nc(-n4c5ccccc5c5ccccc54)n3)c(-n3c4ccccc4c4ccccc43)cc1-c1ccccc1-2. The van der Waals surface area contributed by atoms with Gasteiger partial charge in [0.1, 0.15) is 0 Å². The fraction of sp³-hybridized carbons (Fsp3) is 0. The van der Waals surface area contributed by atoms with Crippen LogP contribution < -0.4 is 0 Å². The normalized spacial score (nSPS) is 12.1. The molecule has 0 unspecified atom stereocenters. The van der Waals surface area contributed by atoms with Crippen molar-refractivity contribution in [1.82, 2.24) is 28.7 Å². The fourth-order valence-electron chi connectivity index (χ4n) is 11.4. The molecule has 6 nitrogen and oxygen atoms in total. The molecule has 0 spiro atoms. The van der Waals surface area contributed by atoms with Gasteiger partial charge in [0.15, 0.2) is 5.82 Å². The summed E-state index contributed by atoms with van der Waals surface area (Å²) in [5.41, 5.74) is 17.4. The first-order valence-electron chi connectivity index (χ1n) is 23.5. The van der Waals surface area contributed by atoms with Gasteiger partial charge in [-0.25, -0.2) is 0 Å². The summed E-state index contributed by atoms with van der Waals surface area (Å²) in [6.07, 6.45) is 0. The molecule has 4 aromatic heterocycles. The molecule has 320 valence electrons.